The third-order valence-electron chi connectivity index (χ3n) is 3.86. The number of hydrogen-bond acceptors (Lipinski definition) is 2. The van der Waals surface area contributed by atoms with Crippen molar-refractivity contribution in [2.24, 2.45) is 5.41 Å². The molecule has 1 aromatic carbocycles. The van der Waals surface area contributed by atoms with Gasteiger partial charge in [-0.15, -0.1) is 0 Å². The van der Waals surface area contributed by atoms with E-state index in [9.17, 15) is 4.79 Å². The summed E-state index contributed by atoms with van der Waals surface area (Å²) in [6, 6.07) is 9.82. The van der Waals surface area contributed by atoms with Gasteiger partial charge >= 0.3 is 6.09 Å². The van der Waals surface area contributed by atoms with Crippen LogP contribution in [0.25, 0.3) is 0 Å². The van der Waals surface area contributed by atoms with Crippen molar-refractivity contribution in [2.45, 2.75) is 25.9 Å². The second-order valence-corrected chi connectivity index (χ2v) is 5.21. The van der Waals surface area contributed by atoms with E-state index in [1.54, 1.807) is 0 Å². The molecule has 3 heteroatoms. The van der Waals surface area contributed by atoms with Gasteiger partial charge in [0.15, 0.2) is 0 Å². The van der Waals surface area contributed by atoms with Crippen molar-refractivity contribution in [1.29, 1.82) is 0 Å². The Morgan fingerprint density at radius 2 is 2.00 bits per heavy atom. The Morgan fingerprint density at radius 3 is 2.65 bits per heavy atom. The van der Waals surface area contributed by atoms with Crippen LogP contribution < -0.4 is 0 Å². The molecule has 2 aliphatic rings. The van der Waals surface area contributed by atoms with Crippen LogP contribution in [0, 0.1) is 5.41 Å². The Bertz CT molecular complexity index is 411. The number of likely N-dealkylation sites (tertiary alicyclic amines) is 1. The summed E-state index contributed by atoms with van der Waals surface area (Å²) in [6.07, 6.45) is 3.58. The van der Waals surface area contributed by atoms with Crippen LogP contribution in [0.1, 0.15) is 24.8 Å². The number of amides is 1. The van der Waals surface area contributed by atoms with Gasteiger partial charge in [0.05, 0.1) is 0 Å². The second-order valence-electron chi connectivity index (χ2n) is 5.21. The van der Waals surface area contributed by atoms with Gasteiger partial charge in [-0.25, -0.2) is 4.79 Å². The van der Waals surface area contributed by atoms with E-state index in [0.29, 0.717) is 12.0 Å². The summed E-state index contributed by atoms with van der Waals surface area (Å²) >= 11 is 0. The first kappa shape index (κ1) is 10.6. The highest BCUT2D eigenvalue weighted by Crippen LogP contribution is 2.52. The molecule has 1 saturated carbocycles. The summed E-state index contributed by atoms with van der Waals surface area (Å²) in [5.74, 6) is 0. The molecule has 1 heterocycles. The molecule has 1 aromatic rings. The van der Waals surface area contributed by atoms with Gasteiger partial charge in [0, 0.05) is 13.1 Å². The zero-order chi connectivity index (χ0) is 11.7. The van der Waals surface area contributed by atoms with Crippen LogP contribution in [0.5, 0.6) is 0 Å². The molecule has 2 fully saturated rings. The van der Waals surface area contributed by atoms with Gasteiger partial charge in [0.1, 0.15) is 6.61 Å². The molecule has 90 valence electrons. The molecule has 0 unspecified atom stereocenters. The van der Waals surface area contributed by atoms with Crippen molar-refractivity contribution in [2.75, 3.05) is 13.1 Å². The van der Waals surface area contributed by atoms with E-state index >= 15 is 0 Å². The van der Waals surface area contributed by atoms with E-state index < -0.39 is 0 Å². The van der Waals surface area contributed by atoms with Crippen molar-refractivity contribution in [1.82, 2.24) is 4.90 Å². The number of carbonyl (C=O) groups is 1. The first-order chi connectivity index (χ1) is 8.27. The minimum atomic E-state index is -0.155. The summed E-state index contributed by atoms with van der Waals surface area (Å²) < 4.78 is 5.32. The van der Waals surface area contributed by atoms with Gasteiger partial charge in [-0.05, 0) is 30.2 Å². The predicted octanol–water partition coefficient (Wildman–Crippen LogP) is 2.81. The molecule has 1 spiro atoms. The van der Waals surface area contributed by atoms with Crippen LogP contribution in [0.4, 0.5) is 4.79 Å². The maximum absolute atomic E-state index is 11.8. The molecule has 0 atom stereocenters. The summed E-state index contributed by atoms with van der Waals surface area (Å²) in [5.41, 5.74) is 1.52. The highest BCUT2D eigenvalue weighted by molar-refractivity contribution is 5.68. The quantitative estimate of drug-likeness (QED) is 0.783. The normalized spacial score (nSPS) is 20.6. The number of carbonyl (C=O) groups excluding carboxylic acids is 1. The maximum Gasteiger partial charge on any atom is 0.410 e. The van der Waals surface area contributed by atoms with E-state index in [1.165, 1.54) is 12.8 Å². The van der Waals surface area contributed by atoms with Gasteiger partial charge in [-0.3, -0.25) is 0 Å². The fourth-order valence-corrected chi connectivity index (χ4v) is 2.49. The lowest BCUT2D eigenvalue weighted by Gasteiger charge is -2.16. The minimum Gasteiger partial charge on any atom is -0.445 e. The Labute approximate surface area is 101 Å². The largest absolute Gasteiger partial charge is 0.445 e. The highest BCUT2D eigenvalue weighted by atomic mass is 16.6. The molecule has 0 aromatic heterocycles. The Hall–Kier alpha value is -1.51. The first-order valence-electron chi connectivity index (χ1n) is 6.23. The lowest BCUT2D eigenvalue weighted by molar-refractivity contribution is 0.103. The fourth-order valence-electron chi connectivity index (χ4n) is 2.49. The van der Waals surface area contributed by atoms with Crippen molar-refractivity contribution in [3.63, 3.8) is 0 Å². The van der Waals surface area contributed by atoms with Crippen molar-refractivity contribution >= 4 is 6.09 Å². The molecule has 0 radical (unpaired) electrons. The standard InChI is InChI=1S/C14H17NO2/c16-13(15-9-8-14(11-15)6-7-14)17-10-12-4-2-1-3-5-12/h1-5H,6-11H2. The summed E-state index contributed by atoms with van der Waals surface area (Å²) in [7, 11) is 0. The smallest absolute Gasteiger partial charge is 0.410 e. The van der Waals surface area contributed by atoms with Crippen LogP contribution in [-0.2, 0) is 11.3 Å². The Morgan fingerprint density at radius 1 is 1.24 bits per heavy atom. The second kappa shape index (κ2) is 4.06. The van der Waals surface area contributed by atoms with Crippen LogP contribution in [0.15, 0.2) is 30.3 Å². The number of ether oxygens (including phenoxy) is 1. The van der Waals surface area contributed by atoms with Crippen LogP contribution in [0.3, 0.4) is 0 Å². The van der Waals surface area contributed by atoms with Gasteiger partial charge in [0.25, 0.3) is 0 Å². The molecule has 0 bridgehead atoms. The molecule has 17 heavy (non-hydrogen) atoms. The van der Waals surface area contributed by atoms with E-state index in [-0.39, 0.29) is 6.09 Å². The lowest BCUT2D eigenvalue weighted by atomic mass is 10.1. The summed E-state index contributed by atoms with van der Waals surface area (Å²) in [5, 5.41) is 0. The molecule has 0 N–H and O–H groups in total. The van der Waals surface area contributed by atoms with E-state index in [4.69, 9.17) is 4.74 Å². The van der Waals surface area contributed by atoms with Crippen molar-refractivity contribution in [3.8, 4) is 0 Å². The van der Waals surface area contributed by atoms with Crippen LogP contribution in [-0.4, -0.2) is 24.1 Å². The lowest BCUT2D eigenvalue weighted by Crippen LogP contribution is -2.29. The van der Waals surface area contributed by atoms with Crippen molar-refractivity contribution in [3.05, 3.63) is 35.9 Å². The third kappa shape index (κ3) is 2.28. The monoisotopic (exact) mass is 231 g/mol. The first-order valence-corrected chi connectivity index (χ1v) is 6.23. The number of hydrogen-bond donors (Lipinski definition) is 0. The molecule has 1 aliphatic heterocycles. The summed E-state index contributed by atoms with van der Waals surface area (Å²) in [6.45, 7) is 2.15. The molecular formula is C14H17NO2. The zero-order valence-corrected chi connectivity index (χ0v) is 9.89. The number of benzene rings is 1. The average molecular weight is 231 g/mol. The van der Waals surface area contributed by atoms with Gasteiger partial charge in [0.2, 0.25) is 0 Å². The molecule has 1 saturated heterocycles. The topological polar surface area (TPSA) is 29.5 Å². The molecule has 3 rings (SSSR count). The number of nitrogens with zero attached hydrogens (tertiary/aromatic N) is 1. The molecular weight excluding hydrogens is 214 g/mol. The van der Waals surface area contributed by atoms with E-state index in [1.807, 2.05) is 35.2 Å². The predicted molar refractivity (Wildman–Crippen MR) is 64.5 cm³/mol. The minimum absolute atomic E-state index is 0.155. The van der Waals surface area contributed by atoms with Gasteiger partial charge in [-0.2, -0.15) is 0 Å². The summed E-state index contributed by atoms with van der Waals surface area (Å²) in [4.78, 5) is 13.7. The van der Waals surface area contributed by atoms with Crippen molar-refractivity contribution < 1.29 is 9.53 Å². The molecule has 1 aliphatic carbocycles. The Balaban J connectivity index is 1.51. The zero-order valence-electron chi connectivity index (χ0n) is 9.89. The average Bonchev–Trinajstić information content (AvgIpc) is 2.98. The Kier molecular flexibility index (Phi) is 2.54. The molecule has 3 nitrogen and oxygen atoms in total. The highest BCUT2D eigenvalue weighted by Gasteiger charge is 2.49. The maximum atomic E-state index is 11.8. The van der Waals surface area contributed by atoms with E-state index in [0.717, 1.165) is 25.1 Å². The van der Waals surface area contributed by atoms with Gasteiger partial charge < -0.3 is 9.64 Å². The van der Waals surface area contributed by atoms with Gasteiger partial charge in [-0.1, -0.05) is 30.3 Å². The molecule has 1 amide bonds. The van der Waals surface area contributed by atoms with E-state index in [2.05, 4.69) is 0 Å². The third-order valence-corrected chi connectivity index (χ3v) is 3.86. The van der Waals surface area contributed by atoms with Crippen LogP contribution in [0.2, 0.25) is 0 Å². The SMILES string of the molecule is O=C(OCc1ccccc1)N1CCC2(CC2)C1. The fraction of sp³-hybridized carbons (Fsp3) is 0.500. The van der Waals surface area contributed by atoms with Crippen LogP contribution >= 0.6 is 0 Å². The number of rotatable bonds is 2.